The van der Waals surface area contributed by atoms with Gasteiger partial charge in [-0.05, 0) is 49.8 Å². The summed E-state index contributed by atoms with van der Waals surface area (Å²) in [6, 6.07) is 21.9. The molecule has 2 aromatic carbocycles. The molecule has 0 aromatic heterocycles. The molecule has 0 spiro atoms. The van der Waals surface area contributed by atoms with Crippen LogP contribution in [0.3, 0.4) is 0 Å². The predicted molar refractivity (Wildman–Crippen MR) is 147 cm³/mol. The predicted octanol–water partition coefficient (Wildman–Crippen LogP) is 8.37. The summed E-state index contributed by atoms with van der Waals surface area (Å²) in [5.41, 5.74) is 4.39. The maximum atomic E-state index is 10.7. The normalized spacial score (nSPS) is 15.1. The van der Waals surface area contributed by atoms with Gasteiger partial charge in [0.15, 0.2) is 0 Å². The van der Waals surface area contributed by atoms with Gasteiger partial charge < -0.3 is 10.1 Å². The molecule has 2 aromatic rings. The van der Waals surface area contributed by atoms with E-state index in [2.05, 4.69) is 92.0 Å². The van der Waals surface area contributed by atoms with Gasteiger partial charge in [0, 0.05) is 18.4 Å². The molecule has 0 bridgehead atoms. The number of unbranched alkanes of at least 4 members (excludes halogenated alkanes) is 2. The Labute approximate surface area is 208 Å². The number of rotatable bonds is 14. The zero-order chi connectivity index (χ0) is 24.4. The lowest BCUT2D eigenvalue weighted by atomic mass is 9.85. The van der Waals surface area contributed by atoms with E-state index in [9.17, 15) is 4.79 Å². The van der Waals surface area contributed by atoms with Gasteiger partial charge in [-0.15, -0.1) is 0 Å². The summed E-state index contributed by atoms with van der Waals surface area (Å²) in [5.74, 6) is 1.07. The third-order valence-electron chi connectivity index (χ3n) is 6.83. The van der Waals surface area contributed by atoms with Gasteiger partial charge >= 0.3 is 0 Å². The van der Waals surface area contributed by atoms with Gasteiger partial charge in [0.1, 0.15) is 6.29 Å². The summed E-state index contributed by atoms with van der Waals surface area (Å²) >= 11 is 0. The number of carbonyl (C=O) groups excluding carboxylic acids is 1. The van der Waals surface area contributed by atoms with Crippen LogP contribution in [0.4, 0.5) is 0 Å². The fourth-order valence-electron chi connectivity index (χ4n) is 4.97. The summed E-state index contributed by atoms with van der Waals surface area (Å²) in [6.45, 7) is 4.49. The largest absolute Gasteiger partial charge is 0.316 e. The van der Waals surface area contributed by atoms with Gasteiger partial charge in [-0.1, -0.05) is 124 Å². The minimum Gasteiger partial charge on any atom is -0.316 e. The molecule has 0 saturated carbocycles. The molecule has 3 atom stereocenters. The third kappa shape index (κ3) is 9.43. The average Bonchev–Trinajstić information content (AvgIpc) is 3.42. The van der Waals surface area contributed by atoms with Crippen LogP contribution < -0.4 is 5.32 Å². The molecular formula is C32H45NO. The van der Waals surface area contributed by atoms with E-state index in [1.807, 2.05) is 13.1 Å². The molecule has 2 nitrogen and oxygen atoms in total. The Morgan fingerprint density at radius 3 is 2.06 bits per heavy atom. The molecule has 2 heteroatoms. The number of hydrogen-bond donors (Lipinski definition) is 1. The number of nitrogens with one attached hydrogen (secondary N) is 1. The van der Waals surface area contributed by atoms with Crippen LogP contribution in [-0.4, -0.2) is 19.4 Å². The SMILES string of the molecule is CCCC(C1=CC=CC1)c1ccccc1.CCCCC[C@@H](NC)C(CCC=O)c1ccccc1. The van der Waals surface area contributed by atoms with Crippen LogP contribution >= 0.6 is 0 Å². The lowest BCUT2D eigenvalue weighted by Crippen LogP contribution is -2.32. The van der Waals surface area contributed by atoms with E-state index in [0.29, 0.717) is 24.3 Å². The van der Waals surface area contributed by atoms with Gasteiger partial charge in [0.25, 0.3) is 0 Å². The highest BCUT2D eigenvalue weighted by molar-refractivity contribution is 5.49. The van der Waals surface area contributed by atoms with Crippen molar-refractivity contribution >= 4 is 6.29 Å². The number of aldehydes is 1. The van der Waals surface area contributed by atoms with Gasteiger partial charge in [-0.3, -0.25) is 0 Å². The topological polar surface area (TPSA) is 29.1 Å². The molecule has 0 fully saturated rings. The zero-order valence-corrected chi connectivity index (χ0v) is 21.6. The quantitative estimate of drug-likeness (QED) is 0.227. The molecule has 1 N–H and O–H groups in total. The molecule has 0 amide bonds. The zero-order valence-electron chi connectivity index (χ0n) is 21.6. The molecule has 3 rings (SSSR count). The van der Waals surface area contributed by atoms with Gasteiger partial charge in [0.2, 0.25) is 0 Å². The number of benzene rings is 2. The minimum atomic E-state index is 0.438. The van der Waals surface area contributed by atoms with Crippen LogP contribution in [0.15, 0.2) is 84.5 Å². The summed E-state index contributed by atoms with van der Waals surface area (Å²) < 4.78 is 0. The standard InChI is InChI=1S/C17H27NO.C15H18/c1-3-4-6-13-17(18-2)16(12-9-14-19)15-10-7-5-8-11-15;1-2-8-15(14-11-6-7-12-14)13-9-4-3-5-10-13/h5,7-8,10-11,14,16-18H,3-4,6,9,12-13H2,1-2H3;3-7,9-11,15H,2,8,12H2,1H3/t16?,17-;/m1./s1. The highest BCUT2D eigenvalue weighted by Crippen LogP contribution is 2.33. The van der Waals surface area contributed by atoms with Crippen molar-refractivity contribution in [2.75, 3.05) is 7.05 Å². The van der Waals surface area contributed by atoms with Crippen molar-refractivity contribution in [1.29, 1.82) is 0 Å². The van der Waals surface area contributed by atoms with Crippen LogP contribution in [-0.2, 0) is 4.79 Å². The first-order valence-electron chi connectivity index (χ1n) is 13.3. The van der Waals surface area contributed by atoms with Gasteiger partial charge in [-0.2, -0.15) is 0 Å². The molecule has 0 radical (unpaired) electrons. The van der Waals surface area contributed by atoms with E-state index in [1.165, 1.54) is 49.7 Å². The molecule has 2 unspecified atom stereocenters. The first-order valence-corrected chi connectivity index (χ1v) is 13.3. The second-order valence-electron chi connectivity index (χ2n) is 9.28. The van der Waals surface area contributed by atoms with E-state index in [4.69, 9.17) is 0 Å². The van der Waals surface area contributed by atoms with Crippen molar-refractivity contribution in [3.05, 3.63) is 95.6 Å². The second-order valence-corrected chi connectivity index (χ2v) is 9.28. The molecule has 34 heavy (non-hydrogen) atoms. The van der Waals surface area contributed by atoms with Crippen molar-refractivity contribution in [2.24, 2.45) is 0 Å². The second kappa shape index (κ2) is 17.1. The minimum absolute atomic E-state index is 0.438. The van der Waals surface area contributed by atoms with E-state index in [0.717, 1.165) is 19.1 Å². The lowest BCUT2D eigenvalue weighted by molar-refractivity contribution is -0.108. The van der Waals surface area contributed by atoms with Crippen molar-refractivity contribution in [1.82, 2.24) is 5.32 Å². The summed E-state index contributed by atoms with van der Waals surface area (Å²) in [5, 5.41) is 3.45. The summed E-state index contributed by atoms with van der Waals surface area (Å²) in [6.07, 6.45) is 18.0. The van der Waals surface area contributed by atoms with Crippen LogP contribution in [0, 0.1) is 0 Å². The molecule has 1 aliphatic carbocycles. The number of hydrogen-bond acceptors (Lipinski definition) is 2. The first-order chi connectivity index (χ1) is 16.7. The van der Waals surface area contributed by atoms with Crippen molar-refractivity contribution in [2.45, 2.75) is 89.5 Å². The van der Waals surface area contributed by atoms with E-state index in [1.54, 1.807) is 5.57 Å². The Balaban J connectivity index is 0.000000246. The lowest BCUT2D eigenvalue weighted by Gasteiger charge is -2.27. The fourth-order valence-corrected chi connectivity index (χ4v) is 4.97. The van der Waals surface area contributed by atoms with E-state index >= 15 is 0 Å². The highest BCUT2D eigenvalue weighted by atomic mass is 16.1. The maximum Gasteiger partial charge on any atom is 0.120 e. The first kappa shape index (κ1) is 27.8. The highest BCUT2D eigenvalue weighted by Gasteiger charge is 2.21. The summed E-state index contributed by atoms with van der Waals surface area (Å²) in [4.78, 5) is 10.7. The molecular weight excluding hydrogens is 414 g/mol. The van der Waals surface area contributed by atoms with Crippen LogP contribution in [0.2, 0.25) is 0 Å². The smallest absolute Gasteiger partial charge is 0.120 e. The van der Waals surface area contributed by atoms with Gasteiger partial charge in [-0.25, -0.2) is 0 Å². The Morgan fingerprint density at radius 1 is 0.853 bits per heavy atom. The van der Waals surface area contributed by atoms with Crippen LogP contribution in [0.5, 0.6) is 0 Å². The summed E-state index contributed by atoms with van der Waals surface area (Å²) in [7, 11) is 2.04. The Kier molecular flexibility index (Phi) is 13.9. The maximum absolute atomic E-state index is 10.7. The molecule has 1 aliphatic rings. The monoisotopic (exact) mass is 459 g/mol. The molecule has 184 valence electrons. The van der Waals surface area contributed by atoms with Crippen LogP contribution in [0.25, 0.3) is 0 Å². The Hall–Kier alpha value is -2.45. The molecule has 0 saturated heterocycles. The Morgan fingerprint density at radius 2 is 1.53 bits per heavy atom. The van der Waals surface area contributed by atoms with E-state index < -0.39 is 0 Å². The number of carbonyl (C=O) groups is 1. The fraction of sp³-hybridized carbons (Fsp3) is 0.469. The molecule has 0 aliphatic heterocycles. The van der Waals surface area contributed by atoms with E-state index in [-0.39, 0.29) is 0 Å². The third-order valence-corrected chi connectivity index (χ3v) is 6.83. The van der Waals surface area contributed by atoms with Crippen molar-refractivity contribution < 1.29 is 4.79 Å². The number of allylic oxidation sites excluding steroid dienone is 4. The number of likely N-dealkylation sites (N-methyl/N-ethyl adjacent to an activating group) is 1. The van der Waals surface area contributed by atoms with Gasteiger partial charge in [0.05, 0.1) is 0 Å². The van der Waals surface area contributed by atoms with Crippen molar-refractivity contribution in [3.63, 3.8) is 0 Å². The average molecular weight is 460 g/mol. The van der Waals surface area contributed by atoms with Crippen LogP contribution in [0.1, 0.15) is 94.6 Å². The molecule has 0 heterocycles. The Bertz CT molecular complexity index is 840. The van der Waals surface area contributed by atoms with Crippen molar-refractivity contribution in [3.8, 4) is 0 Å².